The number of aromatic nitrogens is 1. The Morgan fingerprint density at radius 1 is 1.22 bits per heavy atom. The van der Waals surface area contributed by atoms with Crippen molar-refractivity contribution in [1.29, 1.82) is 5.26 Å². The lowest BCUT2D eigenvalue weighted by atomic mass is 10.2. The highest BCUT2D eigenvalue weighted by molar-refractivity contribution is 6.48. The van der Waals surface area contributed by atoms with E-state index in [0.717, 1.165) is 24.3 Å². The number of hydrogen-bond donors (Lipinski definition) is 3. The molecule has 2 rings (SSSR count). The van der Waals surface area contributed by atoms with E-state index in [-0.39, 0.29) is 16.7 Å². The quantitative estimate of drug-likeness (QED) is 0.133. The Balaban J connectivity index is 2.21. The molecule has 2 aromatic rings. The normalized spacial score (nSPS) is 13.0. The van der Waals surface area contributed by atoms with Gasteiger partial charge in [0.2, 0.25) is 5.96 Å². The van der Waals surface area contributed by atoms with Crippen molar-refractivity contribution in [2.45, 2.75) is 23.8 Å². The predicted octanol–water partition coefficient (Wildman–Crippen LogP) is 4.42. The van der Waals surface area contributed by atoms with Crippen LogP contribution in [-0.4, -0.2) is 33.7 Å². The van der Waals surface area contributed by atoms with E-state index in [0.29, 0.717) is 5.69 Å². The van der Waals surface area contributed by atoms with E-state index >= 15 is 0 Å². The Labute approximate surface area is 195 Å². The number of guanidine groups is 1. The van der Waals surface area contributed by atoms with Gasteiger partial charge in [0.1, 0.15) is 10.9 Å². The summed E-state index contributed by atoms with van der Waals surface area (Å²) in [6.07, 6.45) is -3.10. The number of ether oxygens (including phenoxy) is 1. The highest BCUT2D eigenvalue weighted by Crippen LogP contribution is 2.26. The van der Waals surface area contributed by atoms with Gasteiger partial charge < -0.3 is 15.4 Å². The monoisotopic (exact) mass is 508 g/mol. The number of hydrogen-bond acceptors (Lipinski definition) is 5. The number of nitrogens with one attached hydrogen (secondary N) is 3. The maximum Gasteiger partial charge on any atom is 0.573 e. The van der Waals surface area contributed by atoms with Crippen LogP contribution in [0.15, 0.2) is 47.6 Å². The van der Waals surface area contributed by atoms with Crippen LogP contribution in [0.1, 0.15) is 17.3 Å². The molecule has 0 bridgehead atoms. The molecule has 1 aromatic carbocycles. The summed E-state index contributed by atoms with van der Waals surface area (Å²) in [5.74, 6) is -1.36. The maximum atomic E-state index is 12.5. The summed E-state index contributed by atoms with van der Waals surface area (Å²) in [4.78, 5) is 20.5. The van der Waals surface area contributed by atoms with Crippen LogP contribution in [0.4, 0.5) is 18.9 Å². The summed E-state index contributed by atoms with van der Waals surface area (Å²) in [6.45, 7) is 1.35. The number of alkyl halides is 5. The third-order valence-electron chi connectivity index (χ3n) is 3.52. The van der Waals surface area contributed by atoms with Crippen molar-refractivity contribution < 1.29 is 22.7 Å². The fourth-order valence-electron chi connectivity index (χ4n) is 2.15. The lowest BCUT2D eigenvalue weighted by Crippen LogP contribution is -2.45. The number of nitriles is 1. The van der Waals surface area contributed by atoms with Crippen molar-refractivity contribution in [3.63, 3.8) is 0 Å². The van der Waals surface area contributed by atoms with Gasteiger partial charge in [0.25, 0.3) is 5.91 Å². The first-order valence-corrected chi connectivity index (χ1v) is 9.67. The Morgan fingerprint density at radius 3 is 2.38 bits per heavy atom. The molecule has 0 fully saturated rings. The molecule has 3 N–H and O–H groups in total. The number of anilines is 1. The lowest BCUT2D eigenvalue weighted by Gasteiger charge is -2.25. The summed E-state index contributed by atoms with van der Waals surface area (Å²) >= 11 is 18.0. The molecular weight excluding hydrogens is 496 g/mol. The Hall–Kier alpha value is -2.94. The number of pyridine rings is 1. The van der Waals surface area contributed by atoms with Crippen LogP contribution in [0.25, 0.3) is 0 Å². The molecule has 1 amide bonds. The minimum absolute atomic E-state index is 0.0121. The Bertz CT molecular complexity index is 1000. The van der Waals surface area contributed by atoms with Crippen LogP contribution in [0.5, 0.6) is 5.75 Å². The van der Waals surface area contributed by atoms with Crippen molar-refractivity contribution in [3.8, 4) is 11.9 Å². The van der Waals surface area contributed by atoms with Gasteiger partial charge in [-0.3, -0.25) is 10.1 Å². The first kappa shape index (κ1) is 25.3. The zero-order chi connectivity index (χ0) is 23.9. The highest BCUT2D eigenvalue weighted by Gasteiger charge is 2.33. The van der Waals surface area contributed by atoms with Crippen LogP contribution in [0, 0.1) is 11.5 Å². The molecule has 0 aliphatic carbocycles. The van der Waals surface area contributed by atoms with E-state index in [1.165, 1.54) is 19.2 Å². The molecule has 0 aliphatic heterocycles. The minimum Gasteiger partial charge on any atom is -0.406 e. The number of benzene rings is 1. The average Bonchev–Trinajstić information content (AvgIpc) is 2.68. The number of carbonyl (C=O) groups is 1. The van der Waals surface area contributed by atoms with Gasteiger partial charge in [-0.1, -0.05) is 34.8 Å². The number of halogens is 6. The van der Waals surface area contributed by atoms with Crippen molar-refractivity contribution in [2.75, 3.05) is 5.32 Å². The van der Waals surface area contributed by atoms with E-state index in [4.69, 9.17) is 40.1 Å². The maximum absolute atomic E-state index is 12.5. The van der Waals surface area contributed by atoms with E-state index in [1.807, 2.05) is 0 Å². The number of rotatable bonds is 6. The molecule has 1 unspecified atom stereocenters. The molecule has 0 spiro atoms. The Morgan fingerprint density at radius 2 is 1.88 bits per heavy atom. The number of carbonyl (C=O) groups excluding carboxylic acids is 1. The topological polar surface area (TPSA) is 111 Å². The van der Waals surface area contributed by atoms with E-state index < -0.39 is 28.5 Å². The van der Waals surface area contributed by atoms with Gasteiger partial charge in [-0.2, -0.15) is 5.26 Å². The van der Waals surface area contributed by atoms with Gasteiger partial charge in [-0.15, -0.1) is 13.2 Å². The van der Waals surface area contributed by atoms with E-state index in [2.05, 4.69) is 30.7 Å². The first-order chi connectivity index (χ1) is 14.9. The molecule has 1 heterocycles. The standard InChI is InChI=1S/C18H14Cl3F3N6O2/c1-17(20,21)15(30-16(27-9-25)28-11-4-7-13(19)26-8-11)29-14(31)10-2-5-12(6-3-10)32-18(22,23)24/h2-8,15H,1H3,(H,29,31)(H2,27,28,30). The fraction of sp³-hybridized carbons (Fsp3) is 0.222. The van der Waals surface area contributed by atoms with Crippen LogP contribution < -0.4 is 20.7 Å². The number of aliphatic imine (C=N–C) groups is 1. The van der Waals surface area contributed by atoms with Gasteiger partial charge in [0.05, 0.1) is 11.9 Å². The molecule has 0 saturated heterocycles. The summed E-state index contributed by atoms with van der Waals surface area (Å²) in [6, 6.07) is 7.22. The predicted molar refractivity (Wildman–Crippen MR) is 114 cm³/mol. The SMILES string of the molecule is CC(Cl)(Cl)C(/N=C(\NC#N)Nc1ccc(Cl)nc1)NC(=O)c1ccc(OC(F)(F)F)cc1. The molecule has 8 nitrogen and oxygen atoms in total. The summed E-state index contributed by atoms with van der Waals surface area (Å²) in [5.41, 5.74) is 0.397. The second-order valence-electron chi connectivity index (χ2n) is 6.11. The molecule has 0 saturated carbocycles. The van der Waals surface area contributed by atoms with Gasteiger partial charge in [0.15, 0.2) is 16.7 Å². The van der Waals surface area contributed by atoms with Gasteiger partial charge >= 0.3 is 6.36 Å². The second-order valence-corrected chi connectivity index (χ2v) is 8.26. The summed E-state index contributed by atoms with van der Waals surface area (Å²) < 4.78 is 38.9. The molecule has 32 heavy (non-hydrogen) atoms. The molecule has 1 atom stereocenters. The van der Waals surface area contributed by atoms with E-state index in [9.17, 15) is 18.0 Å². The third kappa shape index (κ3) is 8.30. The minimum atomic E-state index is -4.86. The molecule has 170 valence electrons. The number of amides is 1. The largest absolute Gasteiger partial charge is 0.573 e. The van der Waals surface area contributed by atoms with Crippen LogP contribution >= 0.6 is 34.8 Å². The van der Waals surface area contributed by atoms with Gasteiger partial charge in [-0.05, 0) is 43.3 Å². The van der Waals surface area contributed by atoms with Gasteiger partial charge in [-0.25, -0.2) is 9.98 Å². The smallest absolute Gasteiger partial charge is 0.406 e. The molecule has 0 aliphatic rings. The first-order valence-electron chi connectivity index (χ1n) is 8.53. The number of nitrogens with zero attached hydrogens (tertiary/aromatic N) is 3. The summed E-state index contributed by atoms with van der Waals surface area (Å²) in [7, 11) is 0. The second kappa shape index (κ2) is 10.6. The average molecular weight is 510 g/mol. The van der Waals surface area contributed by atoms with Crippen molar-refractivity contribution >= 4 is 52.4 Å². The zero-order valence-corrected chi connectivity index (χ0v) is 18.3. The van der Waals surface area contributed by atoms with E-state index in [1.54, 1.807) is 12.3 Å². The van der Waals surface area contributed by atoms with Crippen molar-refractivity contribution in [2.24, 2.45) is 4.99 Å². The molecule has 0 radical (unpaired) electrons. The lowest BCUT2D eigenvalue weighted by molar-refractivity contribution is -0.274. The van der Waals surface area contributed by atoms with Crippen molar-refractivity contribution in [1.82, 2.24) is 15.6 Å². The fourth-order valence-corrected chi connectivity index (χ4v) is 2.47. The highest BCUT2D eigenvalue weighted by atomic mass is 35.5. The van der Waals surface area contributed by atoms with Crippen LogP contribution in [0.2, 0.25) is 5.15 Å². The molecular formula is C18H14Cl3F3N6O2. The van der Waals surface area contributed by atoms with Gasteiger partial charge in [0, 0.05) is 5.56 Å². The third-order valence-corrected chi connectivity index (χ3v) is 4.16. The van der Waals surface area contributed by atoms with Crippen LogP contribution in [-0.2, 0) is 0 Å². The summed E-state index contributed by atoms with van der Waals surface area (Å²) in [5, 5.41) is 16.7. The van der Waals surface area contributed by atoms with Crippen LogP contribution in [0.3, 0.4) is 0 Å². The molecule has 1 aromatic heterocycles. The molecule has 14 heteroatoms. The zero-order valence-electron chi connectivity index (χ0n) is 16.0. The Kier molecular flexibility index (Phi) is 8.38. The van der Waals surface area contributed by atoms with Crippen molar-refractivity contribution in [3.05, 3.63) is 53.3 Å².